The molecule has 1 amide bonds. The van der Waals surface area contributed by atoms with E-state index < -0.39 is 5.97 Å². The van der Waals surface area contributed by atoms with Gasteiger partial charge in [-0.3, -0.25) is 4.79 Å². The summed E-state index contributed by atoms with van der Waals surface area (Å²) in [5, 5.41) is 12.0. The highest BCUT2D eigenvalue weighted by Crippen LogP contribution is 2.48. The molecule has 0 radical (unpaired) electrons. The smallest absolute Gasteiger partial charge is 0.328 e. The Morgan fingerprint density at radius 2 is 2.25 bits per heavy atom. The summed E-state index contributed by atoms with van der Waals surface area (Å²) in [6, 6.07) is 0. The van der Waals surface area contributed by atoms with Gasteiger partial charge in [0.1, 0.15) is 0 Å². The number of rotatable bonds is 4. The molecule has 1 heterocycles. The molecule has 2 saturated carbocycles. The summed E-state index contributed by atoms with van der Waals surface area (Å²) in [6.45, 7) is 0. The van der Waals surface area contributed by atoms with Gasteiger partial charge in [-0.25, -0.2) is 9.78 Å². The molecule has 2 aliphatic carbocycles. The standard InChI is InChI=1S/C14H16N2O3S/c17-12(18)4-3-10-7-15-14(20-10)16-13(19)11-6-8-1-2-9(11)5-8/h3-4,7-9,11H,1-2,5-6H2,(H,17,18)(H,15,16,19). The molecule has 1 aromatic heterocycles. The van der Waals surface area contributed by atoms with Gasteiger partial charge in [0.05, 0.1) is 0 Å². The Labute approximate surface area is 120 Å². The fourth-order valence-electron chi connectivity index (χ4n) is 3.34. The average molecular weight is 292 g/mol. The largest absolute Gasteiger partial charge is 0.478 e. The van der Waals surface area contributed by atoms with Crippen molar-refractivity contribution in [3.8, 4) is 0 Å². The minimum absolute atomic E-state index is 0.0697. The third-order valence-electron chi connectivity index (χ3n) is 4.22. The van der Waals surface area contributed by atoms with Crippen molar-refractivity contribution >= 4 is 34.4 Å². The van der Waals surface area contributed by atoms with Gasteiger partial charge in [-0.15, -0.1) is 0 Å². The van der Waals surface area contributed by atoms with Crippen molar-refractivity contribution in [1.82, 2.24) is 4.98 Å². The van der Waals surface area contributed by atoms with Gasteiger partial charge >= 0.3 is 5.97 Å². The predicted octanol–water partition coefficient (Wildman–Crippen LogP) is 2.62. The van der Waals surface area contributed by atoms with E-state index in [1.54, 1.807) is 6.20 Å². The second-order valence-electron chi connectivity index (χ2n) is 5.51. The Bertz CT molecular complexity index is 567. The minimum atomic E-state index is -0.994. The number of carboxylic acid groups (broad SMARTS) is 1. The molecule has 6 heteroatoms. The van der Waals surface area contributed by atoms with Crippen LogP contribution < -0.4 is 5.32 Å². The Balaban J connectivity index is 1.60. The van der Waals surface area contributed by atoms with Crippen molar-refractivity contribution in [1.29, 1.82) is 0 Å². The first kappa shape index (κ1) is 13.3. The van der Waals surface area contributed by atoms with Crippen LogP contribution in [-0.2, 0) is 9.59 Å². The zero-order chi connectivity index (χ0) is 14.1. The van der Waals surface area contributed by atoms with Crippen molar-refractivity contribution in [2.45, 2.75) is 25.7 Å². The van der Waals surface area contributed by atoms with E-state index >= 15 is 0 Å². The molecule has 3 unspecified atom stereocenters. The number of anilines is 1. The van der Waals surface area contributed by atoms with E-state index in [2.05, 4.69) is 10.3 Å². The quantitative estimate of drug-likeness (QED) is 0.836. The van der Waals surface area contributed by atoms with Crippen LogP contribution in [0.25, 0.3) is 6.08 Å². The molecule has 2 N–H and O–H groups in total. The van der Waals surface area contributed by atoms with E-state index in [1.807, 2.05) is 0 Å². The van der Waals surface area contributed by atoms with Gasteiger partial charge in [-0.1, -0.05) is 17.8 Å². The number of hydrogen-bond acceptors (Lipinski definition) is 4. The van der Waals surface area contributed by atoms with Crippen molar-refractivity contribution in [3.05, 3.63) is 17.2 Å². The van der Waals surface area contributed by atoms with Gasteiger partial charge in [-0.05, 0) is 37.2 Å². The predicted molar refractivity (Wildman–Crippen MR) is 76.4 cm³/mol. The van der Waals surface area contributed by atoms with E-state index in [1.165, 1.54) is 36.7 Å². The van der Waals surface area contributed by atoms with Crippen molar-refractivity contribution in [2.24, 2.45) is 17.8 Å². The van der Waals surface area contributed by atoms with E-state index in [0.717, 1.165) is 23.3 Å². The summed E-state index contributed by atoms with van der Waals surface area (Å²) in [6.07, 6.45) is 8.77. The first-order valence-electron chi connectivity index (χ1n) is 6.79. The number of nitrogens with zero attached hydrogens (tertiary/aromatic N) is 1. The highest BCUT2D eigenvalue weighted by Gasteiger charge is 2.43. The molecule has 2 bridgehead atoms. The lowest BCUT2D eigenvalue weighted by atomic mass is 9.88. The van der Waals surface area contributed by atoms with Gasteiger partial charge in [0.2, 0.25) is 5.91 Å². The maximum atomic E-state index is 12.2. The SMILES string of the molecule is O=C(O)C=Cc1cnc(NC(=O)C2CC3CCC2C3)s1. The van der Waals surface area contributed by atoms with E-state index in [0.29, 0.717) is 11.0 Å². The van der Waals surface area contributed by atoms with Gasteiger partial charge < -0.3 is 10.4 Å². The fourth-order valence-corrected chi connectivity index (χ4v) is 4.06. The van der Waals surface area contributed by atoms with Crippen molar-refractivity contribution < 1.29 is 14.7 Å². The van der Waals surface area contributed by atoms with Crippen LogP contribution in [0, 0.1) is 17.8 Å². The number of amides is 1. The molecular weight excluding hydrogens is 276 g/mol. The highest BCUT2D eigenvalue weighted by molar-refractivity contribution is 7.16. The average Bonchev–Trinajstić information content (AvgIpc) is 3.12. The zero-order valence-electron chi connectivity index (χ0n) is 10.9. The number of aromatic nitrogens is 1. The van der Waals surface area contributed by atoms with Crippen molar-refractivity contribution in [3.63, 3.8) is 0 Å². The summed E-state index contributed by atoms with van der Waals surface area (Å²) in [4.78, 5) is 27.5. The van der Waals surface area contributed by atoms with Crippen LogP contribution in [0.3, 0.4) is 0 Å². The first-order chi connectivity index (χ1) is 9.61. The molecule has 106 valence electrons. The summed E-state index contributed by atoms with van der Waals surface area (Å²) >= 11 is 1.29. The molecule has 2 aliphatic rings. The number of carbonyl (C=O) groups excluding carboxylic acids is 1. The molecule has 20 heavy (non-hydrogen) atoms. The molecule has 1 aromatic rings. The Kier molecular flexibility index (Phi) is 3.56. The second kappa shape index (κ2) is 5.36. The Hall–Kier alpha value is -1.69. The van der Waals surface area contributed by atoms with E-state index in [-0.39, 0.29) is 11.8 Å². The highest BCUT2D eigenvalue weighted by atomic mass is 32.1. The fraction of sp³-hybridized carbons (Fsp3) is 0.500. The minimum Gasteiger partial charge on any atom is -0.478 e. The molecule has 0 aromatic carbocycles. The van der Waals surface area contributed by atoms with Crippen LogP contribution in [0.4, 0.5) is 5.13 Å². The normalized spacial score (nSPS) is 28.1. The van der Waals surface area contributed by atoms with Gasteiger partial charge in [0.15, 0.2) is 5.13 Å². The lowest BCUT2D eigenvalue weighted by molar-refractivity contribution is -0.131. The number of carbonyl (C=O) groups is 2. The van der Waals surface area contributed by atoms with E-state index in [4.69, 9.17) is 5.11 Å². The summed E-state index contributed by atoms with van der Waals surface area (Å²) in [5.41, 5.74) is 0. The maximum Gasteiger partial charge on any atom is 0.328 e. The molecule has 2 fully saturated rings. The van der Waals surface area contributed by atoms with Gasteiger partial charge in [-0.2, -0.15) is 0 Å². The summed E-state index contributed by atoms with van der Waals surface area (Å²) in [7, 11) is 0. The van der Waals surface area contributed by atoms with Crippen molar-refractivity contribution in [2.75, 3.05) is 5.32 Å². The molecule has 5 nitrogen and oxygen atoms in total. The van der Waals surface area contributed by atoms with E-state index in [9.17, 15) is 9.59 Å². The number of fused-ring (bicyclic) bond motifs is 2. The molecule has 0 aliphatic heterocycles. The molecule has 0 spiro atoms. The summed E-state index contributed by atoms with van der Waals surface area (Å²) < 4.78 is 0. The number of nitrogens with one attached hydrogen (secondary N) is 1. The number of hydrogen-bond donors (Lipinski definition) is 2. The monoisotopic (exact) mass is 292 g/mol. The lowest BCUT2D eigenvalue weighted by Gasteiger charge is -2.19. The third kappa shape index (κ3) is 2.75. The number of thiazole rings is 1. The molecule has 3 atom stereocenters. The summed E-state index contributed by atoms with van der Waals surface area (Å²) in [5.74, 6) is 0.495. The van der Waals surface area contributed by atoms with Crippen LogP contribution in [-0.4, -0.2) is 22.0 Å². The van der Waals surface area contributed by atoms with Crippen LogP contribution in [0.2, 0.25) is 0 Å². The van der Waals surface area contributed by atoms with Crippen LogP contribution in [0.15, 0.2) is 12.3 Å². The first-order valence-corrected chi connectivity index (χ1v) is 7.61. The number of aliphatic carboxylic acids is 1. The van der Waals surface area contributed by atoms with Gasteiger partial charge in [0, 0.05) is 23.1 Å². The van der Waals surface area contributed by atoms with Gasteiger partial charge in [0.25, 0.3) is 0 Å². The second-order valence-corrected chi connectivity index (χ2v) is 6.57. The molecule has 0 saturated heterocycles. The Morgan fingerprint density at radius 1 is 1.40 bits per heavy atom. The zero-order valence-corrected chi connectivity index (χ0v) is 11.7. The van der Waals surface area contributed by atoms with Crippen LogP contribution in [0.1, 0.15) is 30.6 Å². The topological polar surface area (TPSA) is 79.3 Å². The molecular formula is C14H16N2O3S. The van der Waals surface area contributed by atoms with Crippen LogP contribution >= 0.6 is 11.3 Å². The Morgan fingerprint density at radius 3 is 2.90 bits per heavy atom. The lowest BCUT2D eigenvalue weighted by Crippen LogP contribution is -2.27. The third-order valence-corrected chi connectivity index (χ3v) is 5.10. The molecule has 3 rings (SSSR count). The maximum absolute atomic E-state index is 12.2. The number of carboxylic acids is 1. The van der Waals surface area contributed by atoms with Crippen LogP contribution in [0.5, 0.6) is 0 Å².